The molecule has 0 aromatic heterocycles. The number of epoxide rings is 1. The minimum atomic E-state index is -0.638. The molecule has 0 unspecified atom stereocenters. The Bertz CT molecular complexity index is 799. The van der Waals surface area contributed by atoms with Crippen molar-refractivity contribution in [1.29, 1.82) is 0 Å². The van der Waals surface area contributed by atoms with E-state index in [0.29, 0.717) is 18.4 Å². The number of nitrogens with one attached hydrogen (secondary N) is 1. The van der Waals surface area contributed by atoms with Gasteiger partial charge in [-0.3, -0.25) is 4.79 Å². The largest absolute Gasteiger partial charge is 0.387 e. The van der Waals surface area contributed by atoms with Crippen molar-refractivity contribution in [1.82, 2.24) is 5.32 Å². The molecule has 0 aromatic rings. The van der Waals surface area contributed by atoms with Crippen LogP contribution in [0.5, 0.6) is 0 Å². The van der Waals surface area contributed by atoms with Crippen molar-refractivity contribution in [2.24, 2.45) is 11.8 Å². The van der Waals surface area contributed by atoms with Crippen LogP contribution >= 0.6 is 0 Å². The van der Waals surface area contributed by atoms with Gasteiger partial charge in [0.2, 0.25) is 5.91 Å². The number of amides is 1. The second kappa shape index (κ2) is 11.1. The topological polar surface area (TPSA) is 80.3 Å². The van der Waals surface area contributed by atoms with E-state index in [1.165, 1.54) is 0 Å². The van der Waals surface area contributed by atoms with Gasteiger partial charge in [0.25, 0.3) is 0 Å². The van der Waals surface area contributed by atoms with Gasteiger partial charge in [-0.1, -0.05) is 57.6 Å². The summed E-state index contributed by atoms with van der Waals surface area (Å²) >= 11 is 0. The summed E-state index contributed by atoms with van der Waals surface area (Å²) in [6.07, 6.45) is 12.1. The van der Waals surface area contributed by atoms with Crippen molar-refractivity contribution in [3.05, 3.63) is 36.0 Å². The molecule has 3 aliphatic rings. The molecule has 1 spiro atoms. The third-order valence-corrected chi connectivity index (χ3v) is 7.60. The van der Waals surface area contributed by atoms with E-state index in [0.717, 1.165) is 31.3 Å². The summed E-state index contributed by atoms with van der Waals surface area (Å²) in [5.41, 5.74) is 0.400. The molecular weight excluding hydrogens is 430 g/mol. The Balaban J connectivity index is 1.53. The lowest BCUT2D eigenvalue weighted by atomic mass is 9.81. The van der Waals surface area contributed by atoms with Crippen LogP contribution in [0.3, 0.4) is 0 Å². The number of hydrogen-bond donors (Lipinski definition) is 2. The van der Waals surface area contributed by atoms with Gasteiger partial charge in [0.05, 0.1) is 30.5 Å². The van der Waals surface area contributed by atoms with Crippen molar-refractivity contribution in [3.63, 3.8) is 0 Å². The number of rotatable bonds is 8. The number of carbonyl (C=O) groups excluding carboxylic acids is 1. The number of aliphatic hydroxyl groups excluding tert-OH is 1. The van der Waals surface area contributed by atoms with E-state index >= 15 is 0 Å². The summed E-state index contributed by atoms with van der Waals surface area (Å²) in [5.74, 6) is 0.639. The number of allylic oxidation sites excluding steroid dienone is 3. The lowest BCUT2D eigenvalue weighted by Gasteiger charge is -2.43. The Morgan fingerprint density at radius 3 is 2.59 bits per heavy atom. The molecule has 3 heterocycles. The lowest BCUT2D eigenvalue weighted by molar-refractivity contribution is -0.179. The van der Waals surface area contributed by atoms with Gasteiger partial charge >= 0.3 is 0 Å². The smallest absolute Gasteiger partial charge is 0.243 e. The molecule has 6 nitrogen and oxygen atoms in total. The first-order valence-corrected chi connectivity index (χ1v) is 13.0. The summed E-state index contributed by atoms with van der Waals surface area (Å²) in [7, 11) is 0. The number of aliphatic hydroxyl groups is 1. The van der Waals surface area contributed by atoms with E-state index < -0.39 is 11.7 Å². The van der Waals surface area contributed by atoms with Gasteiger partial charge in [-0.2, -0.15) is 0 Å². The molecule has 8 atom stereocenters. The normalized spacial score (nSPS) is 41.0. The first-order chi connectivity index (χ1) is 16.0. The average molecular weight is 476 g/mol. The number of ether oxygens (including phenoxy) is 3. The summed E-state index contributed by atoms with van der Waals surface area (Å²) in [6, 6.07) is 0.0234. The lowest BCUT2D eigenvalue weighted by Crippen LogP contribution is -2.54. The Hall–Kier alpha value is -1.47. The SMILES string of the molecule is CC[C@@]1(C)C[C@@]2(CO2)[C@H](O)[C@@H](/C=C/C(C)=C/C[C@@H]2O[C@H](C)[C@H](NC(=O)/C=C\C(C)C)C[C@@H]2C)O1. The Kier molecular flexibility index (Phi) is 8.83. The maximum absolute atomic E-state index is 12.2. The van der Waals surface area contributed by atoms with Crippen molar-refractivity contribution >= 4 is 5.91 Å². The molecule has 34 heavy (non-hydrogen) atoms. The second-order valence-electron chi connectivity index (χ2n) is 11.2. The monoisotopic (exact) mass is 475 g/mol. The maximum atomic E-state index is 12.2. The molecule has 0 saturated carbocycles. The zero-order valence-corrected chi connectivity index (χ0v) is 22.0. The average Bonchev–Trinajstić information content (AvgIpc) is 3.55. The summed E-state index contributed by atoms with van der Waals surface area (Å²) in [6.45, 7) is 15.2. The van der Waals surface area contributed by atoms with Crippen molar-refractivity contribution in [2.75, 3.05) is 6.61 Å². The third kappa shape index (κ3) is 6.81. The fraction of sp³-hybridized carbons (Fsp3) is 0.750. The number of carbonyl (C=O) groups is 1. The van der Waals surface area contributed by atoms with Crippen LogP contribution in [0.4, 0.5) is 0 Å². The van der Waals surface area contributed by atoms with E-state index in [1.54, 1.807) is 6.08 Å². The molecule has 2 N–H and O–H groups in total. The third-order valence-electron chi connectivity index (χ3n) is 7.60. The van der Waals surface area contributed by atoms with E-state index in [1.807, 2.05) is 25.2 Å². The van der Waals surface area contributed by atoms with Crippen molar-refractivity contribution in [2.45, 2.75) is 116 Å². The minimum Gasteiger partial charge on any atom is -0.387 e. The standard InChI is InChI=1S/C28H45NO5/c1-8-27(7)16-28(17-32-28)26(31)24(34-27)13-11-19(4)10-12-23-20(5)15-22(21(6)33-23)29-25(30)14-9-18(2)3/h9-11,13-14,18,20-24,26,31H,8,12,15-17H2,1-7H3,(H,29,30)/b13-11+,14-9-,19-10+/t20-,21+,22+,23-,24+,26+,27-,28+/m0/s1. The highest BCUT2D eigenvalue weighted by Crippen LogP contribution is 2.47. The van der Waals surface area contributed by atoms with Crippen LogP contribution < -0.4 is 5.32 Å². The van der Waals surface area contributed by atoms with Gasteiger partial charge in [0.15, 0.2) is 0 Å². The van der Waals surface area contributed by atoms with Gasteiger partial charge in [-0.05, 0) is 57.9 Å². The molecule has 3 aliphatic heterocycles. The van der Waals surface area contributed by atoms with Crippen LogP contribution in [0.15, 0.2) is 36.0 Å². The fourth-order valence-electron chi connectivity index (χ4n) is 5.03. The molecule has 0 aliphatic carbocycles. The highest BCUT2D eigenvalue weighted by atomic mass is 16.6. The molecule has 1 amide bonds. The van der Waals surface area contributed by atoms with E-state index in [4.69, 9.17) is 14.2 Å². The molecule has 192 valence electrons. The highest BCUT2D eigenvalue weighted by Gasteiger charge is 2.60. The first kappa shape index (κ1) is 27.1. The zero-order chi connectivity index (χ0) is 25.1. The van der Waals surface area contributed by atoms with Gasteiger partial charge in [-0.15, -0.1) is 0 Å². The van der Waals surface area contributed by atoms with Crippen LogP contribution in [-0.4, -0.2) is 59.3 Å². The molecule has 3 rings (SSSR count). The molecule has 3 saturated heterocycles. The second-order valence-corrected chi connectivity index (χ2v) is 11.2. The van der Waals surface area contributed by atoms with E-state index in [2.05, 4.69) is 52.9 Å². The zero-order valence-electron chi connectivity index (χ0n) is 22.0. The summed E-state index contributed by atoms with van der Waals surface area (Å²) in [5, 5.41) is 13.9. The Morgan fingerprint density at radius 1 is 1.26 bits per heavy atom. The minimum absolute atomic E-state index is 0.0234. The molecular formula is C28H45NO5. The first-order valence-electron chi connectivity index (χ1n) is 13.0. The Labute approximate surface area is 205 Å². The molecule has 0 radical (unpaired) electrons. The van der Waals surface area contributed by atoms with Crippen LogP contribution in [0, 0.1) is 11.8 Å². The van der Waals surface area contributed by atoms with Crippen LogP contribution in [0.1, 0.15) is 74.1 Å². The molecule has 0 bridgehead atoms. The molecule has 3 fully saturated rings. The van der Waals surface area contributed by atoms with Crippen molar-refractivity contribution in [3.8, 4) is 0 Å². The van der Waals surface area contributed by atoms with Crippen molar-refractivity contribution < 1.29 is 24.1 Å². The van der Waals surface area contributed by atoms with E-state index in [-0.39, 0.29) is 35.9 Å². The highest BCUT2D eigenvalue weighted by molar-refractivity contribution is 5.87. The summed E-state index contributed by atoms with van der Waals surface area (Å²) < 4.78 is 18.2. The van der Waals surface area contributed by atoms with Crippen LogP contribution in [-0.2, 0) is 19.0 Å². The molecule has 6 heteroatoms. The Morgan fingerprint density at radius 2 is 1.97 bits per heavy atom. The van der Waals surface area contributed by atoms with Gasteiger partial charge in [-0.25, -0.2) is 0 Å². The predicted octanol–water partition coefficient (Wildman–Crippen LogP) is 4.48. The van der Waals surface area contributed by atoms with Gasteiger partial charge < -0.3 is 24.6 Å². The summed E-state index contributed by atoms with van der Waals surface area (Å²) in [4.78, 5) is 12.2. The van der Waals surface area contributed by atoms with Gasteiger partial charge in [0.1, 0.15) is 17.8 Å². The van der Waals surface area contributed by atoms with Crippen LogP contribution in [0.2, 0.25) is 0 Å². The maximum Gasteiger partial charge on any atom is 0.243 e. The predicted molar refractivity (Wildman–Crippen MR) is 134 cm³/mol. The van der Waals surface area contributed by atoms with Crippen LogP contribution in [0.25, 0.3) is 0 Å². The fourth-order valence-corrected chi connectivity index (χ4v) is 5.03. The quantitative estimate of drug-likeness (QED) is 0.307. The molecule has 0 aromatic carbocycles. The number of hydrogen-bond acceptors (Lipinski definition) is 5. The van der Waals surface area contributed by atoms with Gasteiger partial charge in [0, 0.05) is 6.42 Å². The van der Waals surface area contributed by atoms with E-state index in [9.17, 15) is 9.90 Å².